The summed E-state index contributed by atoms with van der Waals surface area (Å²) in [5.41, 5.74) is 0.796. The molecule has 2 aromatic rings. The van der Waals surface area contributed by atoms with Crippen LogP contribution in [0.25, 0.3) is 0 Å². The number of aromatic nitrogens is 2. The highest BCUT2D eigenvalue weighted by Crippen LogP contribution is 2.27. The quantitative estimate of drug-likeness (QED) is 0.888. The number of amides is 1. The predicted molar refractivity (Wildman–Crippen MR) is 82.2 cm³/mol. The number of rotatable bonds is 5. The fourth-order valence-electron chi connectivity index (χ4n) is 1.65. The molecule has 0 unspecified atom stereocenters. The van der Waals surface area contributed by atoms with Crippen LogP contribution in [-0.2, 0) is 0 Å². The summed E-state index contributed by atoms with van der Waals surface area (Å²) in [6, 6.07) is 4.97. The number of hydrogen-bond acceptors (Lipinski definition) is 5. The minimum Gasteiger partial charge on any atom is -0.495 e. The third-order valence-electron chi connectivity index (χ3n) is 2.65. The Morgan fingerprint density at radius 1 is 1.33 bits per heavy atom. The molecule has 1 amide bonds. The molecule has 2 rings (SSSR count). The predicted octanol–water partition coefficient (Wildman–Crippen LogP) is 2.82. The average Bonchev–Trinajstić information content (AvgIpc) is 2.50. The number of ether oxygens (including phenoxy) is 1. The molecule has 0 radical (unpaired) electrons. The second kappa shape index (κ2) is 6.90. The number of nitrogens with one attached hydrogen (secondary N) is 2. The van der Waals surface area contributed by atoms with Gasteiger partial charge in [0.05, 0.1) is 24.5 Å². The van der Waals surface area contributed by atoms with Crippen molar-refractivity contribution in [2.24, 2.45) is 0 Å². The molecular formula is C14H15ClN4O2. The molecule has 1 heterocycles. The van der Waals surface area contributed by atoms with Crippen LogP contribution in [0.3, 0.4) is 0 Å². The van der Waals surface area contributed by atoms with E-state index in [9.17, 15) is 4.79 Å². The van der Waals surface area contributed by atoms with Crippen LogP contribution in [0.5, 0.6) is 5.75 Å². The van der Waals surface area contributed by atoms with Crippen LogP contribution in [0.1, 0.15) is 17.4 Å². The van der Waals surface area contributed by atoms with E-state index in [1.54, 1.807) is 18.2 Å². The van der Waals surface area contributed by atoms with Crippen LogP contribution in [0.15, 0.2) is 30.6 Å². The van der Waals surface area contributed by atoms with Gasteiger partial charge in [-0.25, -0.2) is 9.97 Å². The summed E-state index contributed by atoms with van der Waals surface area (Å²) < 4.78 is 5.10. The highest BCUT2D eigenvalue weighted by Gasteiger charge is 2.10. The van der Waals surface area contributed by atoms with Gasteiger partial charge in [-0.15, -0.1) is 0 Å². The maximum absolute atomic E-state index is 12.1. The zero-order valence-corrected chi connectivity index (χ0v) is 12.4. The first-order valence-corrected chi connectivity index (χ1v) is 6.72. The van der Waals surface area contributed by atoms with Gasteiger partial charge in [0.1, 0.15) is 17.3 Å². The Morgan fingerprint density at radius 3 is 2.76 bits per heavy atom. The van der Waals surface area contributed by atoms with Gasteiger partial charge in [-0.05, 0) is 19.1 Å². The monoisotopic (exact) mass is 306 g/mol. The fraction of sp³-hybridized carbons (Fsp3) is 0.214. The Bertz CT molecular complexity index is 631. The lowest BCUT2D eigenvalue weighted by molar-refractivity contribution is 0.102. The van der Waals surface area contributed by atoms with Crippen LogP contribution in [0.2, 0.25) is 5.02 Å². The summed E-state index contributed by atoms with van der Waals surface area (Å²) in [5, 5.41) is 6.20. The first-order chi connectivity index (χ1) is 10.1. The van der Waals surface area contributed by atoms with Gasteiger partial charge in [0.2, 0.25) is 0 Å². The lowest BCUT2D eigenvalue weighted by atomic mass is 10.3. The molecule has 2 N–H and O–H groups in total. The molecule has 0 saturated carbocycles. The van der Waals surface area contributed by atoms with E-state index in [1.807, 2.05) is 6.92 Å². The molecule has 1 aromatic carbocycles. The Balaban J connectivity index is 2.10. The number of benzene rings is 1. The maximum atomic E-state index is 12.1. The summed E-state index contributed by atoms with van der Waals surface area (Å²) in [5.74, 6) is 0.764. The molecule has 7 heteroatoms. The van der Waals surface area contributed by atoms with Crippen LogP contribution in [0.4, 0.5) is 11.5 Å². The van der Waals surface area contributed by atoms with E-state index in [2.05, 4.69) is 20.6 Å². The fourth-order valence-corrected chi connectivity index (χ4v) is 1.85. The van der Waals surface area contributed by atoms with E-state index in [-0.39, 0.29) is 11.6 Å². The Hall–Kier alpha value is -2.34. The molecule has 0 bridgehead atoms. The number of halogens is 1. The van der Waals surface area contributed by atoms with E-state index in [4.69, 9.17) is 16.3 Å². The average molecular weight is 307 g/mol. The molecule has 6 nitrogen and oxygen atoms in total. The molecule has 1 aromatic heterocycles. The number of hydrogen-bond donors (Lipinski definition) is 2. The highest BCUT2D eigenvalue weighted by atomic mass is 35.5. The van der Waals surface area contributed by atoms with Crippen LogP contribution in [-0.4, -0.2) is 29.5 Å². The van der Waals surface area contributed by atoms with Crippen LogP contribution in [0, 0.1) is 0 Å². The molecule has 21 heavy (non-hydrogen) atoms. The Morgan fingerprint density at radius 2 is 2.14 bits per heavy atom. The van der Waals surface area contributed by atoms with Crippen molar-refractivity contribution in [3.63, 3.8) is 0 Å². The van der Waals surface area contributed by atoms with Gasteiger partial charge in [0, 0.05) is 18.3 Å². The summed E-state index contributed by atoms with van der Waals surface area (Å²) >= 11 is 5.93. The first-order valence-electron chi connectivity index (χ1n) is 6.35. The second-order valence-electron chi connectivity index (χ2n) is 4.12. The third-order valence-corrected chi connectivity index (χ3v) is 2.96. The lowest BCUT2D eigenvalue weighted by Crippen LogP contribution is -2.14. The molecule has 0 fully saturated rings. The van der Waals surface area contributed by atoms with E-state index >= 15 is 0 Å². The number of nitrogens with zero attached hydrogens (tertiary/aromatic N) is 2. The summed E-state index contributed by atoms with van der Waals surface area (Å²) in [6.07, 6.45) is 2.93. The van der Waals surface area contributed by atoms with Gasteiger partial charge in [-0.1, -0.05) is 11.6 Å². The molecule has 0 aliphatic rings. The SMILES string of the molecule is CCNc1cnc(C(=O)Nc2ccc(Cl)c(OC)c2)cn1. The van der Waals surface area contributed by atoms with Crippen molar-refractivity contribution in [2.75, 3.05) is 24.3 Å². The Labute approximate surface area is 127 Å². The van der Waals surface area contributed by atoms with Crippen LogP contribution < -0.4 is 15.4 Å². The van der Waals surface area contributed by atoms with E-state index in [0.29, 0.717) is 22.3 Å². The van der Waals surface area contributed by atoms with E-state index in [1.165, 1.54) is 19.5 Å². The van der Waals surface area contributed by atoms with Gasteiger partial charge >= 0.3 is 0 Å². The minimum absolute atomic E-state index is 0.227. The Kier molecular flexibility index (Phi) is 4.94. The van der Waals surface area contributed by atoms with Gasteiger partial charge in [-0.2, -0.15) is 0 Å². The molecule has 0 saturated heterocycles. The molecular weight excluding hydrogens is 292 g/mol. The first kappa shape index (κ1) is 15.1. The smallest absolute Gasteiger partial charge is 0.275 e. The van der Waals surface area contributed by atoms with Gasteiger partial charge in [0.15, 0.2) is 0 Å². The summed E-state index contributed by atoms with van der Waals surface area (Å²) in [4.78, 5) is 20.2. The van der Waals surface area contributed by atoms with Gasteiger partial charge < -0.3 is 15.4 Å². The maximum Gasteiger partial charge on any atom is 0.275 e. The topological polar surface area (TPSA) is 76.1 Å². The van der Waals surface area contributed by atoms with Crippen molar-refractivity contribution in [3.8, 4) is 5.75 Å². The molecule has 0 spiro atoms. The molecule has 110 valence electrons. The summed E-state index contributed by atoms with van der Waals surface area (Å²) in [7, 11) is 1.51. The molecule has 0 aliphatic heterocycles. The van der Waals surface area contributed by atoms with E-state index < -0.39 is 0 Å². The third kappa shape index (κ3) is 3.82. The number of anilines is 2. The summed E-state index contributed by atoms with van der Waals surface area (Å²) in [6.45, 7) is 2.70. The normalized spacial score (nSPS) is 10.0. The van der Waals surface area contributed by atoms with Gasteiger partial charge in [-0.3, -0.25) is 4.79 Å². The van der Waals surface area contributed by atoms with Crippen molar-refractivity contribution in [2.45, 2.75) is 6.92 Å². The standard InChI is InChI=1S/C14H15ClN4O2/c1-3-16-13-8-17-11(7-18-13)14(20)19-9-4-5-10(15)12(6-9)21-2/h4-8H,3H2,1-2H3,(H,16,18)(H,19,20). The number of carbonyl (C=O) groups is 1. The second-order valence-corrected chi connectivity index (χ2v) is 4.53. The van der Waals surface area contributed by atoms with Crippen molar-refractivity contribution >= 4 is 29.0 Å². The number of carbonyl (C=O) groups excluding carboxylic acids is 1. The van der Waals surface area contributed by atoms with E-state index in [0.717, 1.165) is 6.54 Å². The molecule has 0 aliphatic carbocycles. The van der Waals surface area contributed by atoms with Crippen molar-refractivity contribution in [1.82, 2.24) is 9.97 Å². The van der Waals surface area contributed by atoms with Crippen molar-refractivity contribution in [1.29, 1.82) is 0 Å². The lowest BCUT2D eigenvalue weighted by Gasteiger charge is -2.08. The minimum atomic E-state index is -0.352. The van der Waals surface area contributed by atoms with Crippen molar-refractivity contribution < 1.29 is 9.53 Å². The zero-order chi connectivity index (χ0) is 15.2. The van der Waals surface area contributed by atoms with Gasteiger partial charge in [0.25, 0.3) is 5.91 Å². The largest absolute Gasteiger partial charge is 0.495 e. The molecule has 0 atom stereocenters. The zero-order valence-electron chi connectivity index (χ0n) is 11.7. The number of methoxy groups -OCH3 is 1. The highest BCUT2D eigenvalue weighted by molar-refractivity contribution is 6.32. The van der Waals surface area contributed by atoms with Crippen LogP contribution >= 0.6 is 11.6 Å². The van der Waals surface area contributed by atoms with Crippen molar-refractivity contribution in [3.05, 3.63) is 41.3 Å².